The normalized spacial score (nSPS) is 15.5. The van der Waals surface area contributed by atoms with Crippen molar-refractivity contribution in [2.75, 3.05) is 0 Å². The standard InChI is InChI=1S/C40H35NO4S2Se/c1-39(2,3)26-13-16-31-29(22-26)30-23-27(40(4,5)6)14-17-32(30)41(31)37-28(15-11-24-19-20-48-38(24)37)25-12-18-35-36(21-25)47(44,45)34-10-8-7-9-33(34)46(35,42)43/h7-23H,1-6H3. The minimum atomic E-state index is -4.08. The molecule has 2 aromatic heterocycles. The molecule has 8 heteroatoms. The Bertz CT molecular complexity index is 2650. The number of fused-ring (bicyclic) bond motifs is 6. The van der Waals surface area contributed by atoms with Crippen LogP contribution in [0.3, 0.4) is 0 Å². The third-order valence-corrected chi connectivity index (χ3v) is 15.5. The van der Waals surface area contributed by atoms with Crippen molar-refractivity contribution in [2.45, 2.75) is 72.0 Å². The summed E-state index contributed by atoms with van der Waals surface area (Å²) >= 11 is 0.0445. The average molecular weight is 737 g/mol. The van der Waals surface area contributed by atoms with E-state index in [1.165, 1.54) is 44.4 Å². The van der Waals surface area contributed by atoms with Gasteiger partial charge in [-0.3, -0.25) is 0 Å². The first kappa shape index (κ1) is 31.3. The fourth-order valence-corrected chi connectivity index (χ4v) is 13.0. The van der Waals surface area contributed by atoms with Crippen LogP contribution in [0.1, 0.15) is 52.7 Å². The first-order valence-corrected chi connectivity index (χ1v) is 20.7. The van der Waals surface area contributed by atoms with Crippen molar-refractivity contribution < 1.29 is 16.8 Å². The molecular weight excluding hydrogens is 702 g/mol. The van der Waals surface area contributed by atoms with E-state index in [-0.39, 0.29) is 44.9 Å². The second-order valence-corrected chi connectivity index (χ2v) is 20.4. The number of sulfone groups is 2. The van der Waals surface area contributed by atoms with Crippen molar-refractivity contribution in [1.29, 1.82) is 0 Å². The maximum atomic E-state index is 14.0. The van der Waals surface area contributed by atoms with E-state index in [1.807, 2.05) is 6.07 Å². The van der Waals surface area contributed by atoms with E-state index in [4.69, 9.17) is 0 Å². The molecule has 5 aromatic carbocycles. The Morgan fingerprint density at radius 2 is 1.10 bits per heavy atom. The molecule has 0 N–H and O–H groups in total. The topological polar surface area (TPSA) is 73.2 Å². The number of nitrogens with zero attached hydrogens (tertiary/aromatic N) is 1. The van der Waals surface area contributed by atoms with E-state index in [0.717, 1.165) is 27.7 Å². The first-order valence-electron chi connectivity index (χ1n) is 15.9. The summed E-state index contributed by atoms with van der Waals surface area (Å²) in [6.07, 6.45) is 0. The number of aromatic nitrogens is 1. The second kappa shape index (κ2) is 10.3. The molecule has 48 heavy (non-hydrogen) atoms. The van der Waals surface area contributed by atoms with E-state index in [0.29, 0.717) is 5.56 Å². The Morgan fingerprint density at radius 3 is 1.67 bits per heavy atom. The van der Waals surface area contributed by atoms with E-state index in [9.17, 15) is 16.8 Å². The molecule has 0 fully saturated rings. The van der Waals surface area contributed by atoms with Crippen molar-refractivity contribution in [3.63, 3.8) is 0 Å². The van der Waals surface area contributed by atoms with Crippen molar-refractivity contribution in [2.24, 2.45) is 0 Å². The predicted molar refractivity (Wildman–Crippen MR) is 195 cm³/mol. The van der Waals surface area contributed by atoms with Crippen molar-refractivity contribution in [3.8, 4) is 16.8 Å². The summed E-state index contributed by atoms with van der Waals surface area (Å²) in [7, 11) is -8.10. The third-order valence-electron chi connectivity index (χ3n) is 9.58. The Hall–Kier alpha value is -3.94. The van der Waals surface area contributed by atoms with E-state index in [1.54, 1.807) is 24.3 Å². The van der Waals surface area contributed by atoms with E-state index >= 15 is 0 Å². The van der Waals surface area contributed by atoms with Crippen LogP contribution in [0.2, 0.25) is 0 Å². The quantitative estimate of drug-likeness (QED) is 0.166. The number of benzene rings is 5. The molecule has 0 saturated carbocycles. The van der Waals surface area contributed by atoms with E-state index in [2.05, 4.69) is 99.6 Å². The van der Waals surface area contributed by atoms with Crippen molar-refractivity contribution in [1.82, 2.24) is 4.57 Å². The molecule has 0 aliphatic carbocycles. The van der Waals surface area contributed by atoms with Gasteiger partial charge in [-0.05, 0) is 0 Å². The average Bonchev–Trinajstić information content (AvgIpc) is 3.65. The Morgan fingerprint density at radius 1 is 0.562 bits per heavy atom. The molecule has 242 valence electrons. The zero-order valence-corrected chi connectivity index (χ0v) is 31.0. The van der Waals surface area contributed by atoms with Crippen LogP contribution in [-0.2, 0) is 30.5 Å². The van der Waals surface area contributed by atoms with Crippen LogP contribution in [0.4, 0.5) is 0 Å². The molecule has 5 nitrogen and oxygen atoms in total. The summed E-state index contributed by atoms with van der Waals surface area (Å²) in [6, 6.07) is 30.4. The van der Waals surface area contributed by atoms with Gasteiger partial charge in [-0.25, -0.2) is 0 Å². The maximum absolute atomic E-state index is 14.0. The third kappa shape index (κ3) is 4.53. The molecule has 0 radical (unpaired) electrons. The number of rotatable bonds is 2. The number of hydrogen-bond acceptors (Lipinski definition) is 4. The fourth-order valence-electron chi connectivity index (χ4n) is 6.91. The van der Waals surface area contributed by atoms with Crippen LogP contribution in [-0.4, -0.2) is 35.9 Å². The van der Waals surface area contributed by atoms with Gasteiger partial charge in [-0.15, -0.1) is 0 Å². The van der Waals surface area contributed by atoms with Crippen molar-refractivity contribution in [3.05, 3.63) is 113 Å². The Labute approximate surface area is 287 Å². The molecule has 0 atom stereocenters. The van der Waals surface area contributed by atoms with Gasteiger partial charge in [0, 0.05) is 0 Å². The molecule has 1 aliphatic heterocycles. The van der Waals surface area contributed by atoms with E-state index < -0.39 is 19.7 Å². The molecule has 8 rings (SSSR count). The molecule has 0 spiro atoms. The van der Waals surface area contributed by atoms with Crippen LogP contribution >= 0.6 is 0 Å². The predicted octanol–water partition coefficient (Wildman–Crippen LogP) is 9.23. The summed E-state index contributed by atoms with van der Waals surface area (Å²) in [6.45, 7) is 13.4. The van der Waals surface area contributed by atoms with Crippen LogP contribution in [0.25, 0.3) is 48.3 Å². The van der Waals surface area contributed by atoms with Gasteiger partial charge >= 0.3 is 289 Å². The molecule has 1 aliphatic rings. The van der Waals surface area contributed by atoms with Gasteiger partial charge in [0.1, 0.15) is 0 Å². The molecular formula is C40H35NO4S2Se. The summed E-state index contributed by atoms with van der Waals surface area (Å²) in [5.74, 6) is 0. The molecule has 0 unspecified atom stereocenters. The molecule has 0 saturated heterocycles. The summed E-state index contributed by atoms with van der Waals surface area (Å²) < 4.78 is 58.8. The van der Waals surface area contributed by atoms with Crippen LogP contribution in [0.15, 0.2) is 122 Å². The first-order chi connectivity index (χ1) is 22.6. The van der Waals surface area contributed by atoms with Crippen LogP contribution in [0, 0.1) is 0 Å². The van der Waals surface area contributed by atoms with Gasteiger partial charge < -0.3 is 0 Å². The minimum absolute atomic E-state index is 0.0377. The Balaban J connectivity index is 1.47. The van der Waals surface area contributed by atoms with Gasteiger partial charge in [0.15, 0.2) is 0 Å². The van der Waals surface area contributed by atoms with Gasteiger partial charge in [0.2, 0.25) is 0 Å². The monoisotopic (exact) mass is 737 g/mol. The summed E-state index contributed by atoms with van der Waals surface area (Å²) in [4.78, 5) is 1.50. The molecule has 0 amide bonds. The van der Waals surface area contributed by atoms with Crippen molar-refractivity contribution >= 4 is 65.6 Å². The van der Waals surface area contributed by atoms with Gasteiger partial charge in [0.25, 0.3) is 0 Å². The van der Waals surface area contributed by atoms with Crippen LogP contribution in [0.5, 0.6) is 0 Å². The SMILES string of the molecule is CC(C)(C)c1ccc2c(c1)c1cc(C(C)(C)C)ccc1n2-c1c(-c2ccc3c(c2)S(=O)(=O)c2ccccc2S3(=O)=O)ccc2cc[se]c12. The summed E-state index contributed by atoms with van der Waals surface area (Å²) in [5.41, 5.74) is 7.08. The fraction of sp³-hybridized carbons (Fsp3) is 0.200. The van der Waals surface area contributed by atoms with Gasteiger partial charge in [-0.1, -0.05) is 0 Å². The molecule has 3 heterocycles. The second-order valence-electron chi connectivity index (χ2n) is 14.7. The zero-order valence-electron chi connectivity index (χ0n) is 27.6. The molecule has 0 bridgehead atoms. The Kier molecular flexibility index (Phi) is 6.71. The summed E-state index contributed by atoms with van der Waals surface area (Å²) in [5, 5.41) is 3.48. The number of hydrogen-bond donors (Lipinski definition) is 0. The van der Waals surface area contributed by atoms with Gasteiger partial charge in [0.05, 0.1) is 0 Å². The van der Waals surface area contributed by atoms with Gasteiger partial charge in [-0.2, -0.15) is 0 Å². The van der Waals surface area contributed by atoms with Crippen LogP contribution < -0.4 is 0 Å². The zero-order chi connectivity index (χ0) is 34.0. The molecule has 7 aromatic rings.